The molecule has 166 valence electrons. The number of amides is 2. The topological polar surface area (TPSA) is 102 Å². The molecule has 0 aliphatic rings. The zero-order valence-electron chi connectivity index (χ0n) is 17.7. The molecule has 3 aromatic rings. The molecule has 3 rings (SSSR count). The molecule has 0 radical (unpaired) electrons. The van der Waals surface area contributed by atoms with E-state index in [2.05, 4.69) is 10.6 Å². The van der Waals surface area contributed by atoms with Gasteiger partial charge in [0.15, 0.2) is 0 Å². The summed E-state index contributed by atoms with van der Waals surface area (Å²) in [7, 11) is 2.85. The molecule has 0 saturated carbocycles. The predicted octanol–water partition coefficient (Wildman–Crippen LogP) is 0.881. The second kappa shape index (κ2) is 9.86. The van der Waals surface area contributed by atoms with Crippen molar-refractivity contribution >= 4 is 11.8 Å². The highest BCUT2D eigenvalue weighted by Crippen LogP contribution is 2.09. The lowest BCUT2D eigenvalue weighted by Crippen LogP contribution is -2.48. The minimum Gasteiger partial charge on any atom is -0.349 e. The summed E-state index contributed by atoms with van der Waals surface area (Å²) in [4.78, 5) is 49.5. The Morgan fingerprint density at radius 2 is 1.62 bits per heavy atom. The van der Waals surface area contributed by atoms with Gasteiger partial charge in [-0.05, 0) is 17.7 Å². The van der Waals surface area contributed by atoms with Crippen LogP contribution >= 0.6 is 0 Å². The molecule has 2 aromatic carbocycles. The van der Waals surface area contributed by atoms with E-state index in [1.807, 2.05) is 6.07 Å². The molecule has 0 spiro atoms. The monoisotopic (exact) mass is 438 g/mol. The summed E-state index contributed by atoms with van der Waals surface area (Å²) in [6.07, 6.45) is 0.169. The van der Waals surface area contributed by atoms with Gasteiger partial charge in [0.05, 0.1) is 12.1 Å². The highest BCUT2D eigenvalue weighted by atomic mass is 19.1. The number of aromatic nitrogens is 2. The van der Waals surface area contributed by atoms with Gasteiger partial charge in [-0.3, -0.25) is 23.5 Å². The normalized spacial score (nSPS) is 11.6. The van der Waals surface area contributed by atoms with Crippen LogP contribution in [-0.4, -0.2) is 27.0 Å². The lowest BCUT2D eigenvalue weighted by molar-refractivity contribution is -0.123. The summed E-state index contributed by atoms with van der Waals surface area (Å²) in [5, 5.41) is 5.23. The minimum absolute atomic E-state index is 0.0957. The van der Waals surface area contributed by atoms with Crippen LogP contribution in [-0.2, 0) is 31.9 Å². The Morgan fingerprint density at radius 1 is 0.969 bits per heavy atom. The number of carbonyl (C=O) groups is 2. The number of rotatable bonds is 7. The summed E-state index contributed by atoms with van der Waals surface area (Å²) < 4.78 is 16.2. The van der Waals surface area contributed by atoms with Crippen LogP contribution in [0.25, 0.3) is 0 Å². The van der Waals surface area contributed by atoms with Gasteiger partial charge in [0.1, 0.15) is 11.9 Å². The molecule has 0 aliphatic heterocycles. The Balaban J connectivity index is 1.80. The van der Waals surface area contributed by atoms with Gasteiger partial charge in [-0.1, -0.05) is 42.5 Å². The number of nitrogens with zero attached hydrogens (tertiary/aromatic N) is 2. The van der Waals surface area contributed by atoms with Gasteiger partial charge in [0.25, 0.3) is 11.5 Å². The van der Waals surface area contributed by atoms with Crippen LogP contribution < -0.4 is 21.9 Å². The average Bonchev–Trinajstić information content (AvgIpc) is 2.79. The van der Waals surface area contributed by atoms with E-state index < -0.39 is 34.9 Å². The predicted molar refractivity (Wildman–Crippen MR) is 117 cm³/mol. The first-order valence-corrected chi connectivity index (χ1v) is 9.91. The molecule has 9 heteroatoms. The maximum atomic E-state index is 14.0. The smallest absolute Gasteiger partial charge is 0.330 e. The fourth-order valence-corrected chi connectivity index (χ4v) is 3.19. The van der Waals surface area contributed by atoms with Crippen molar-refractivity contribution in [3.8, 4) is 0 Å². The van der Waals surface area contributed by atoms with Crippen molar-refractivity contribution < 1.29 is 14.0 Å². The number of benzene rings is 2. The molecule has 1 heterocycles. The molecule has 0 aliphatic carbocycles. The van der Waals surface area contributed by atoms with E-state index in [-0.39, 0.29) is 18.5 Å². The van der Waals surface area contributed by atoms with Crippen molar-refractivity contribution in [3.63, 3.8) is 0 Å². The summed E-state index contributed by atoms with van der Waals surface area (Å²) in [6.45, 7) is -0.0957. The molecule has 8 nitrogen and oxygen atoms in total. The molecular formula is C23H23FN4O4. The van der Waals surface area contributed by atoms with E-state index >= 15 is 0 Å². The number of hydrogen-bond acceptors (Lipinski definition) is 4. The van der Waals surface area contributed by atoms with Crippen molar-refractivity contribution in [2.45, 2.75) is 19.0 Å². The zero-order valence-corrected chi connectivity index (χ0v) is 17.7. The zero-order chi connectivity index (χ0) is 23.3. The van der Waals surface area contributed by atoms with Crippen molar-refractivity contribution in [2.75, 3.05) is 0 Å². The Hall–Kier alpha value is -4.01. The fraction of sp³-hybridized carbons (Fsp3) is 0.217. The Bertz CT molecular complexity index is 1250. The fourth-order valence-electron chi connectivity index (χ4n) is 3.19. The molecule has 32 heavy (non-hydrogen) atoms. The highest BCUT2D eigenvalue weighted by Gasteiger charge is 2.23. The van der Waals surface area contributed by atoms with Crippen LogP contribution in [0.15, 0.2) is 70.3 Å². The van der Waals surface area contributed by atoms with E-state index in [1.54, 1.807) is 24.3 Å². The van der Waals surface area contributed by atoms with Crippen LogP contribution in [0.2, 0.25) is 0 Å². The average molecular weight is 438 g/mol. The summed E-state index contributed by atoms with van der Waals surface area (Å²) in [5.74, 6) is -1.95. The van der Waals surface area contributed by atoms with Crippen molar-refractivity contribution in [3.05, 3.63) is 104 Å². The second-order valence-electron chi connectivity index (χ2n) is 7.29. The number of halogens is 1. The van der Waals surface area contributed by atoms with Gasteiger partial charge in [0, 0.05) is 32.3 Å². The van der Waals surface area contributed by atoms with E-state index in [9.17, 15) is 23.6 Å². The molecule has 0 saturated heterocycles. The first kappa shape index (κ1) is 22.7. The standard InChI is InChI=1S/C23H23FN4O4/c1-27-16(13-20(29)28(2)23(27)32)14-25-22(31)19(12-15-8-4-3-5-9-15)26-21(30)17-10-6-7-11-18(17)24/h3-11,13,19H,12,14H2,1-2H3,(H,25,31)(H,26,30)/t19-/m0/s1. The van der Waals surface area contributed by atoms with Crippen LogP contribution in [0, 0.1) is 5.82 Å². The molecule has 2 N–H and O–H groups in total. The molecule has 0 fully saturated rings. The summed E-state index contributed by atoms with van der Waals surface area (Å²) in [6, 6.07) is 14.8. The third-order valence-electron chi connectivity index (χ3n) is 5.09. The lowest BCUT2D eigenvalue weighted by Gasteiger charge is -2.19. The Labute approximate surface area is 183 Å². The first-order valence-electron chi connectivity index (χ1n) is 9.91. The second-order valence-corrected chi connectivity index (χ2v) is 7.29. The van der Waals surface area contributed by atoms with Gasteiger partial charge in [-0.2, -0.15) is 0 Å². The van der Waals surface area contributed by atoms with Gasteiger partial charge in [-0.15, -0.1) is 0 Å². The third kappa shape index (κ3) is 5.18. The SMILES string of the molecule is Cn1c(CNC(=O)[C@H](Cc2ccccc2)NC(=O)c2ccccc2F)cc(=O)n(C)c1=O. The molecular weight excluding hydrogens is 415 g/mol. The molecule has 2 amide bonds. The minimum atomic E-state index is -1.01. The van der Waals surface area contributed by atoms with Gasteiger partial charge in [-0.25, -0.2) is 9.18 Å². The molecule has 1 atom stereocenters. The van der Waals surface area contributed by atoms with Gasteiger partial charge >= 0.3 is 5.69 Å². The number of nitrogens with one attached hydrogen (secondary N) is 2. The highest BCUT2D eigenvalue weighted by molar-refractivity contribution is 5.97. The summed E-state index contributed by atoms with van der Waals surface area (Å²) >= 11 is 0. The van der Waals surface area contributed by atoms with Crippen LogP contribution in [0.3, 0.4) is 0 Å². The maximum absolute atomic E-state index is 14.0. The van der Waals surface area contributed by atoms with Gasteiger partial charge in [0.2, 0.25) is 5.91 Å². The Kier molecular flexibility index (Phi) is 6.99. The number of carbonyl (C=O) groups excluding carboxylic acids is 2. The number of hydrogen-bond donors (Lipinski definition) is 2. The van der Waals surface area contributed by atoms with Crippen molar-refractivity contribution in [1.29, 1.82) is 0 Å². The van der Waals surface area contributed by atoms with Crippen molar-refractivity contribution in [1.82, 2.24) is 19.8 Å². The van der Waals surface area contributed by atoms with Crippen LogP contribution in [0.4, 0.5) is 4.39 Å². The summed E-state index contributed by atoms with van der Waals surface area (Å²) in [5.41, 5.74) is -0.0819. The first-order chi connectivity index (χ1) is 15.3. The molecule has 0 unspecified atom stereocenters. The largest absolute Gasteiger partial charge is 0.349 e. The van der Waals surface area contributed by atoms with Crippen molar-refractivity contribution in [2.24, 2.45) is 14.1 Å². The van der Waals surface area contributed by atoms with Gasteiger partial charge < -0.3 is 10.6 Å². The molecule has 0 bridgehead atoms. The van der Waals surface area contributed by atoms with Crippen LogP contribution in [0.5, 0.6) is 0 Å². The Morgan fingerprint density at radius 3 is 2.31 bits per heavy atom. The van der Waals surface area contributed by atoms with E-state index in [0.29, 0.717) is 5.69 Å². The van der Waals surface area contributed by atoms with E-state index in [4.69, 9.17) is 0 Å². The molecule has 1 aromatic heterocycles. The maximum Gasteiger partial charge on any atom is 0.330 e. The van der Waals surface area contributed by atoms with Crippen LogP contribution in [0.1, 0.15) is 21.6 Å². The van der Waals surface area contributed by atoms with E-state index in [0.717, 1.165) is 16.2 Å². The third-order valence-corrected chi connectivity index (χ3v) is 5.09. The van der Waals surface area contributed by atoms with E-state index in [1.165, 1.54) is 42.9 Å². The lowest BCUT2D eigenvalue weighted by atomic mass is 10.0. The quantitative estimate of drug-likeness (QED) is 0.572.